The van der Waals surface area contributed by atoms with Gasteiger partial charge in [-0.1, -0.05) is 0 Å². The molecule has 3 rings (SSSR count). The van der Waals surface area contributed by atoms with E-state index < -0.39 is 0 Å². The lowest BCUT2D eigenvalue weighted by atomic mass is 9.96. The van der Waals surface area contributed by atoms with Crippen LogP contribution in [0.25, 0.3) is 0 Å². The molecule has 0 aromatic rings. The van der Waals surface area contributed by atoms with Crippen LogP contribution in [0.15, 0.2) is 0 Å². The number of rotatable bonds is 8. The van der Waals surface area contributed by atoms with Crippen LogP contribution >= 0.6 is 0 Å². The Morgan fingerprint density at radius 3 is 2.17 bits per heavy atom. The van der Waals surface area contributed by atoms with E-state index in [1.165, 1.54) is 84.2 Å². The lowest BCUT2D eigenvalue weighted by Crippen LogP contribution is -2.41. The molecule has 0 aliphatic carbocycles. The molecule has 2 atom stereocenters. The van der Waals surface area contributed by atoms with Gasteiger partial charge in [0.05, 0.1) is 0 Å². The lowest BCUT2D eigenvalue weighted by molar-refractivity contribution is 0.153. The Labute approximate surface area is 149 Å². The zero-order chi connectivity index (χ0) is 16.8. The van der Waals surface area contributed by atoms with Crippen molar-refractivity contribution in [3.8, 4) is 0 Å². The Bertz CT molecular complexity index is 354. The normalized spacial score (nSPS) is 31.2. The first-order valence-electron chi connectivity index (χ1n) is 10.4. The Kier molecular flexibility index (Phi) is 7.38. The molecule has 0 amide bonds. The van der Waals surface area contributed by atoms with Gasteiger partial charge in [0.1, 0.15) is 6.67 Å². The minimum absolute atomic E-state index is 0.801. The first kappa shape index (κ1) is 18.6. The fourth-order valence-corrected chi connectivity index (χ4v) is 4.69. The van der Waals surface area contributed by atoms with Gasteiger partial charge in [-0.15, -0.1) is 0 Å². The van der Waals surface area contributed by atoms with Gasteiger partial charge in [-0.05, 0) is 90.9 Å². The van der Waals surface area contributed by atoms with E-state index in [1.54, 1.807) is 0 Å². The van der Waals surface area contributed by atoms with Crippen molar-refractivity contribution in [1.29, 1.82) is 0 Å². The van der Waals surface area contributed by atoms with E-state index >= 15 is 0 Å². The molecule has 24 heavy (non-hydrogen) atoms. The quantitative estimate of drug-likeness (QED) is 0.544. The molecule has 3 aliphatic rings. The van der Waals surface area contributed by atoms with E-state index in [4.69, 9.17) is 0 Å². The topological polar surface area (TPSA) is 21.8 Å². The summed E-state index contributed by atoms with van der Waals surface area (Å²) in [5, 5.41) is 3.43. The highest BCUT2D eigenvalue weighted by Crippen LogP contribution is 2.23. The molecule has 3 aliphatic heterocycles. The minimum atomic E-state index is 0.801. The summed E-state index contributed by atoms with van der Waals surface area (Å²) in [5.41, 5.74) is 0. The lowest BCUT2D eigenvalue weighted by Gasteiger charge is -2.34. The molecular formula is C20H38N4. The average Bonchev–Trinajstić information content (AvgIpc) is 3.18. The van der Waals surface area contributed by atoms with E-state index in [-0.39, 0.29) is 0 Å². The van der Waals surface area contributed by atoms with Crippen molar-refractivity contribution in [2.24, 2.45) is 5.92 Å². The van der Waals surface area contributed by atoms with Crippen molar-refractivity contribution in [1.82, 2.24) is 20.0 Å². The number of nitrogens with zero attached hydrogens (tertiary/aromatic N) is 3. The van der Waals surface area contributed by atoms with Crippen LogP contribution in [0.1, 0.15) is 58.8 Å². The average molecular weight is 335 g/mol. The van der Waals surface area contributed by atoms with Crippen molar-refractivity contribution in [2.45, 2.75) is 70.9 Å². The predicted molar refractivity (Wildman–Crippen MR) is 101 cm³/mol. The molecule has 4 heteroatoms. The largest absolute Gasteiger partial charge is 0.301 e. The summed E-state index contributed by atoms with van der Waals surface area (Å²) in [5.74, 6) is 0.903. The molecule has 0 saturated carbocycles. The highest BCUT2D eigenvalue weighted by molar-refractivity contribution is 4.82. The molecule has 3 saturated heterocycles. The zero-order valence-corrected chi connectivity index (χ0v) is 16.0. The molecule has 4 nitrogen and oxygen atoms in total. The van der Waals surface area contributed by atoms with Crippen molar-refractivity contribution >= 4 is 0 Å². The zero-order valence-electron chi connectivity index (χ0n) is 16.0. The minimum Gasteiger partial charge on any atom is -0.301 e. The molecule has 0 aromatic heterocycles. The monoisotopic (exact) mass is 334 g/mol. The standard InChI is InChI=1S/C20H38N4/c1-18-6-3-11-23(18)13-5-10-21-17-22-14-8-20(9-15-22)16-24-12-4-7-19(24)2/h18-21H,3-16H2,1-2H3. The fourth-order valence-electron chi connectivity index (χ4n) is 4.69. The van der Waals surface area contributed by atoms with E-state index in [9.17, 15) is 0 Å². The van der Waals surface area contributed by atoms with Gasteiger partial charge in [0.25, 0.3) is 0 Å². The van der Waals surface area contributed by atoms with Crippen LogP contribution in [0.2, 0.25) is 0 Å². The number of hydrogen-bond acceptors (Lipinski definition) is 4. The van der Waals surface area contributed by atoms with Crippen LogP contribution < -0.4 is 5.32 Å². The van der Waals surface area contributed by atoms with Crippen molar-refractivity contribution < 1.29 is 0 Å². The molecule has 2 radical (unpaired) electrons. The molecule has 138 valence electrons. The summed E-state index contributed by atoms with van der Waals surface area (Å²) in [6.45, 7) is 16.8. The summed E-state index contributed by atoms with van der Waals surface area (Å²) in [6.07, 6.45) is 9.49. The van der Waals surface area contributed by atoms with Crippen LogP contribution in [0.5, 0.6) is 0 Å². The maximum absolute atomic E-state index is 3.43. The Morgan fingerprint density at radius 1 is 0.875 bits per heavy atom. The van der Waals surface area contributed by atoms with Crippen LogP contribution in [0, 0.1) is 12.6 Å². The summed E-state index contributed by atoms with van der Waals surface area (Å²) >= 11 is 0. The Balaban J connectivity index is 1.21. The molecular weight excluding hydrogens is 296 g/mol. The number of piperidine rings is 1. The van der Waals surface area contributed by atoms with Crippen molar-refractivity contribution in [2.75, 3.05) is 45.8 Å². The van der Waals surface area contributed by atoms with Gasteiger partial charge in [0, 0.05) is 31.7 Å². The number of likely N-dealkylation sites (tertiary alicyclic amines) is 3. The SMILES string of the molecule is CC1CCCN1CCCN[C]N1CCC(CN2CCCC2C)CC1. The smallest absolute Gasteiger partial charge is 0.143 e. The first-order chi connectivity index (χ1) is 11.7. The van der Waals surface area contributed by atoms with Gasteiger partial charge < -0.3 is 9.80 Å². The van der Waals surface area contributed by atoms with Crippen LogP contribution in [0.3, 0.4) is 0 Å². The van der Waals surface area contributed by atoms with Crippen molar-refractivity contribution in [3.63, 3.8) is 0 Å². The molecule has 0 spiro atoms. The maximum atomic E-state index is 3.43. The summed E-state index contributed by atoms with van der Waals surface area (Å²) in [7, 11) is 0. The molecule has 2 unspecified atom stereocenters. The third-order valence-corrected chi connectivity index (χ3v) is 6.47. The third-order valence-electron chi connectivity index (χ3n) is 6.47. The third kappa shape index (κ3) is 5.42. The van der Waals surface area contributed by atoms with Gasteiger partial charge in [-0.25, -0.2) is 0 Å². The summed E-state index contributed by atoms with van der Waals surface area (Å²) in [6, 6.07) is 1.62. The maximum Gasteiger partial charge on any atom is 0.143 e. The molecule has 3 fully saturated rings. The van der Waals surface area contributed by atoms with E-state index in [0.717, 1.165) is 24.5 Å². The molecule has 1 N–H and O–H groups in total. The summed E-state index contributed by atoms with van der Waals surface area (Å²) < 4.78 is 0. The van der Waals surface area contributed by atoms with Gasteiger partial charge in [0.2, 0.25) is 0 Å². The molecule has 0 bridgehead atoms. The number of nitrogens with one attached hydrogen (secondary N) is 1. The Morgan fingerprint density at radius 2 is 1.54 bits per heavy atom. The van der Waals surface area contributed by atoms with Gasteiger partial charge in [0.15, 0.2) is 0 Å². The number of hydrogen-bond donors (Lipinski definition) is 1. The van der Waals surface area contributed by atoms with E-state index in [0.29, 0.717) is 0 Å². The molecule has 0 aromatic carbocycles. The van der Waals surface area contributed by atoms with Crippen molar-refractivity contribution in [3.05, 3.63) is 6.67 Å². The van der Waals surface area contributed by atoms with Gasteiger partial charge >= 0.3 is 0 Å². The second-order valence-corrected chi connectivity index (χ2v) is 8.34. The van der Waals surface area contributed by atoms with E-state index in [1.807, 2.05) is 0 Å². The molecule has 3 heterocycles. The highest BCUT2D eigenvalue weighted by Gasteiger charge is 2.26. The summed E-state index contributed by atoms with van der Waals surface area (Å²) in [4.78, 5) is 7.72. The van der Waals surface area contributed by atoms with Crippen LogP contribution in [0.4, 0.5) is 0 Å². The van der Waals surface area contributed by atoms with Crippen LogP contribution in [-0.2, 0) is 0 Å². The second kappa shape index (κ2) is 9.51. The van der Waals surface area contributed by atoms with E-state index in [2.05, 4.69) is 40.5 Å². The Hall–Kier alpha value is -0.160. The van der Waals surface area contributed by atoms with Gasteiger partial charge in [-0.3, -0.25) is 10.2 Å². The predicted octanol–water partition coefficient (Wildman–Crippen LogP) is 2.64. The van der Waals surface area contributed by atoms with Crippen LogP contribution in [-0.4, -0.2) is 72.6 Å². The first-order valence-corrected chi connectivity index (χ1v) is 10.4. The fraction of sp³-hybridized carbons (Fsp3) is 0.950. The van der Waals surface area contributed by atoms with Gasteiger partial charge in [-0.2, -0.15) is 0 Å². The second-order valence-electron chi connectivity index (χ2n) is 8.34. The highest BCUT2D eigenvalue weighted by atomic mass is 15.2.